The van der Waals surface area contributed by atoms with Crippen LogP contribution in [0, 0.1) is 0 Å². The third-order valence-electron chi connectivity index (χ3n) is 16.0. The van der Waals surface area contributed by atoms with E-state index >= 15 is 0 Å². The van der Waals surface area contributed by atoms with Gasteiger partial charge in [0.05, 0.1) is 23.9 Å². The minimum Gasteiger partial charge on any atom is -0.508 e. The van der Waals surface area contributed by atoms with Crippen LogP contribution < -0.4 is 18.9 Å². The van der Waals surface area contributed by atoms with Gasteiger partial charge in [-0.2, -0.15) is 0 Å². The van der Waals surface area contributed by atoms with Gasteiger partial charge >= 0.3 is 0 Å². The summed E-state index contributed by atoms with van der Waals surface area (Å²) in [6, 6.07) is 18.2. The normalized spacial score (nSPS) is 24.0. The van der Waals surface area contributed by atoms with Crippen LogP contribution in [-0.2, 0) is 6.42 Å². The van der Waals surface area contributed by atoms with Crippen molar-refractivity contribution < 1.29 is 121 Å². The molecule has 0 bridgehead atoms. The zero-order valence-electron chi connectivity index (χ0n) is 43.0. The molecule has 12 rings (SSSR count). The second-order valence-electron chi connectivity index (χ2n) is 21.0. The summed E-state index contributed by atoms with van der Waals surface area (Å²) in [6.45, 7) is 0. The topological polar surface area (TPSA) is 442 Å². The molecular weight excluding hydrogens is 1100 g/mol. The molecule has 4 aliphatic rings. The maximum absolute atomic E-state index is 13.0. The molecule has 8 aromatic carbocycles. The average Bonchev–Trinajstić information content (AvgIpc) is 1.63. The van der Waals surface area contributed by atoms with Crippen molar-refractivity contribution in [3.8, 4) is 115 Å². The lowest BCUT2D eigenvalue weighted by Crippen LogP contribution is -2.39. The Labute approximate surface area is 472 Å². The van der Waals surface area contributed by atoms with Gasteiger partial charge in [0.25, 0.3) is 0 Å². The first-order valence-electron chi connectivity index (χ1n) is 25.7. The van der Waals surface area contributed by atoms with E-state index in [1.807, 2.05) is 0 Å². The first-order valence-corrected chi connectivity index (χ1v) is 25.7. The van der Waals surface area contributed by atoms with Gasteiger partial charge in [-0.15, -0.1) is 0 Å². The van der Waals surface area contributed by atoms with Crippen LogP contribution in [0.3, 0.4) is 0 Å². The monoisotopic (exact) mass is 1150 g/mol. The summed E-state index contributed by atoms with van der Waals surface area (Å²) in [7, 11) is 0. The van der Waals surface area contributed by atoms with Crippen LogP contribution in [0.5, 0.6) is 115 Å². The van der Waals surface area contributed by atoms with Crippen molar-refractivity contribution in [3.05, 3.63) is 164 Å². The van der Waals surface area contributed by atoms with E-state index in [-0.39, 0.29) is 44.9 Å². The highest BCUT2D eigenvalue weighted by molar-refractivity contribution is 5.73. The molecule has 24 nitrogen and oxygen atoms in total. The molecule has 0 radical (unpaired) electrons. The number of phenols is 16. The Kier molecular flexibility index (Phi) is 12.7. The van der Waals surface area contributed by atoms with Crippen molar-refractivity contribution in [1.29, 1.82) is 0 Å². The van der Waals surface area contributed by atoms with Crippen LogP contribution in [0.2, 0.25) is 0 Å². The predicted molar refractivity (Wildman–Crippen MR) is 285 cm³/mol. The molecule has 8 aromatic rings. The number of aliphatic hydroxyl groups is 4. The lowest BCUT2D eigenvalue weighted by molar-refractivity contribution is -0.00429. The molecule has 11 atom stereocenters. The highest BCUT2D eigenvalue weighted by Crippen LogP contribution is 2.64. The standard InChI is InChI=1S/C60H50O24/c61-23-13-33(70)42-40(14-23)82-57(20-2-6-26(63)30(67)10-20)53(78)48(42)44-37(74)18-41-47(52(44)77)50(55(80)58(83-41)21-3-7-27(64)31(68)11-21)46-35(72)16-34(71)45-49(54(79)59(84-60(45)46)22-4-8-28(65)32(69)12-22)43-36(73)17-39-24(51(43)76)15-38(75)56(81-39)19-1-5-25(62)29(66)9-19/h1-14,16-18,38,48-50,53-59,61-80H,15H2. The van der Waals surface area contributed by atoms with Crippen LogP contribution >= 0.6 is 0 Å². The first kappa shape index (κ1) is 54.2. The largest absolute Gasteiger partial charge is 0.508 e. The van der Waals surface area contributed by atoms with Gasteiger partial charge in [-0.3, -0.25) is 0 Å². The third-order valence-corrected chi connectivity index (χ3v) is 16.0. The van der Waals surface area contributed by atoms with E-state index in [0.29, 0.717) is 0 Å². The smallest absolute Gasteiger partial charge is 0.157 e. The molecular formula is C60H50O24. The molecule has 24 heteroatoms. The number of phenolic OH excluding ortho intramolecular Hbond substituents is 16. The number of ether oxygens (including phenoxy) is 4. The molecule has 0 spiro atoms. The molecule has 0 saturated heterocycles. The number of aromatic hydroxyl groups is 16. The first-order chi connectivity index (χ1) is 39.9. The summed E-state index contributed by atoms with van der Waals surface area (Å²) in [6.07, 6.45) is -14.5. The van der Waals surface area contributed by atoms with Crippen molar-refractivity contribution in [2.45, 2.75) is 73.0 Å². The van der Waals surface area contributed by atoms with Crippen LogP contribution in [0.25, 0.3) is 0 Å². The number of hydrogen-bond acceptors (Lipinski definition) is 24. The number of benzene rings is 8. The fraction of sp³-hybridized carbons (Fsp3) is 0.200. The van der Waals surface area contributed by atoms with E-state index in [4.69, 9.17) is 18.9 Å². The zero-order valence-corrected chi connectivity index (χ0v) is 43.0. The van der Waals surface area contributed by atoms with Gasteiger partial charge in [0.15, 0.2) is 64.3 Å². The molecule has 11 unspecified atom stereocenters. The Balaban J connectivity index is 1.10. The van der Waals surface area contributed by atoms with Gasteiger partial charge in [0, 0.05) is 75.7 Å². The maximum Gasteiger partial charge on any atom is 0.157 e. The van der Waals surface area contributed by atoms with Gasteiger partial charge < -0.3 is 121 Å². The van der Waals surface area contributed by atoms with E-state index in [1.165, 1.54) is 24.3 Å². The summed E-state index contributed by atoms with van der Waals surface area (Å²) in [5.41, 5.74) is -3.37. The Bertz CT molecular complexity index is 4030. The van der Waals surface area contributed by atoms with Gasteiger partial charge in [-0.25, -0.2) is 0 Å². The van der Waals surface area contributed by atoms with Gasteiger partial charge in [-0.1, -0.05) is 24.3 Å². The number of rotatable bonds is 7. The third kappa shape index (κ3) is 8.44. The molecule has 4 heterocycles. The Hall–Kier alpha value is -10.4. The Morgan fingerprint density at radius 2 is 0.643 bits per heavy atom. The van der Waals surface area contributed by atoms with Crippen molar-refractivity contribution in [3.63, 3.8) is 0 Å². The SMILES string of the molecule is Oc1cc(O)c2c(c1)OC(c1ccc(O)c(O)c1)C(O)C2c1c(O)cc2c(c1O)C(c1c(O)cc(O)c3c1OC(c1ccc(O)c(O)c1)C(O)C3c1c(O)cc3c(c1O)CC(O)C(c1ccc(O)c(O)c1)O3)C(O)C(c1ccc(O)c(O)c1)O2. The van der Waals surface area contributed by atoms with Gasteiger partial charge in [-0.05, 0) is 70.8 Å². The van der Waals surface area contributed by atoms with E-state index in [2.05, 4.69) is 0 Å². The fourth-order valence-electron chi connectivity index (χ4n) is 12.1. The highest BCUT2D eigenvalue weighted by Gasteiger charge is 2.52. The van der Waals surface area contributed by atoms with E-state index < -0.39 is 204 Å². The summed E-state index contributed by atoms with van der Waals surface area (Å²) in [5, 5.41) is 229. The average molecular weight is 1160 g/mol. The second-order valence-corrected chi connectivity index (χ2v) is 21.0. The maximum atomic E-state index is 13.0. The zero-order chi connectivity index (χ0) is 59.8. The summed E-state index contributed by atoms with van der Waals surface area (Å²) < 4.78 is 25.1. The number of aliphatic hydroxyl groups excluding tert-OH is 4. The molecule has 0 fully saturated rings. The lowest BCUT2D eigenvalue weighted by atomic mass is 9.72. The van der Waals surface area contributed by atoms with Crippen LogP contribution in [0.1, 0.15) is 103 Å². The molecule has 20 N–H and O–H groups in total. The highest BCUT2D eigenvalue weighted by atomic mass is 16.5. The molecule has 84 heavy (non-hydrogen) atoms. The molecule has 0 saturated carbocycles. The Morgan fingerprint density at radius 1 is 0.286 bits per heavy atom. The van der Waals surface area contributed by atoms with Crippen molar-refractivity contribution in [2.24, 2.45) is 0 Å². The summed E-state index contributed by atoms with van der Waals surface area (Å²) >= 11 is 0. The van der Waals surface area contributed by atoms with Crippen molar-refractivity contribution in [2.75, 3.05) is 0 Å². The second kappa shape index (κ2) is 19.7. The van der Waals surface area contributed by atoms with Crippen molar-refractivity contribution >= 4 is 0 Å². The Morgan fingerprint density at radius 3 is 1.11 bits per heavy atom. The minimum absolute atomic E-state index is 0.00462. The quantitative estimate of drug-likeness (QED) is 0.0827. The number of hydrogen-bond donors (Lipinski definition) is 20. The lowest BCUT2D eigenvalue weighted by Gasteiger charge is -2.43. The predicted octanol–water partition coefficient (Wildman–Crippen LogP) is 5.89. The van der Waals surface area contributed by atoms with E-state index in [9.17, 15) is 102 Å². The minimum atomic E-state index is -2.15. The summed E-state index contributed by atoms with van der Waals surface area (Å²) in [5.74, 6) is -18.9. The van der Waals surface area contributed by atoms with Crippen LogP contribution in [0.4, 0.5) is 0 Å². The molecule has 0 amide bonds. The van der Waals surface area contributed by atoms with E-state index in [0.717, 1.165) is 78.9 Å². The fourth-order valence-corrected chi connectivity index (χ4v) is 12.1. The molecule has 0 aromatic heterocycles. The van der Waals surface area contributed by atoms with Crippen LogP contribution in [0.15, 0.2) is 103 Å². The summed E-state index contributed by atoms with van der Waals surface area (Å²) in [4.78, 5) is 0. The van der Waals surface area contributed by atoms with E-state index in [1.54, 1.807) is 0 Å². The number of fused-ring (bicyclic) bond motifs is 4. The van der Waals surface area contributed by atoms with Gasteiger partial charge in [0.2, 0.25) is 0 Å². The molecule has 434 valence electrons. The van der Waals surface area contributed by atoms with Crippen molar-refractivity contribution in [1.82, 2.24) is 0 Å². The molecule has 4 aliphatic heterocycles. The molecule has 0 aliphatic carbocycles. The van der Waals surface area contributed by atoms with Gasteiger partial charge in [0.1, 0.15) is 93.4 Å². The van der Waals surface area contributed by atoms with Crippen LogP contribution in [-0.4, -0.2) is 127 Å².